The van der Waals surface area contributed by atoms with Crippen LogP contribution < -0.4 is 10.2 Å². The van der Waals surface area contributed by atoms with E-state index >= 15 is 0 Å². The molecule has 0 spiro atoms. The predicted molar refractivity (Wildman–Crippen MR) is 126 cm³/mol. The van der Waals surface area contributed by atoms with Crippen molar-refractivity contribution >= 4 is 59.4 Å². The van der Waals surface area contributed by atoms with E-state index in [1.807, 2.05) is 12.1 Å². The molecule has 1 N–H and O–H groups in total. The number of fused-ring (bicyclic) bond motifs is 1. The van der Waals surface area contributed by atoms with E-state index < -0.39 is 0 Å². The van der Waals surface area contributed by atoms with Crippen molar-refractivity contribution in [3.05, 3.63) is 58.1 Å². The Balaban J connectivity index is 0.00000140. The third kappa shape index (κ3) is 5.01. The highest BCUT2D eigenvalue weighted by molar-refractivity contribution is 6.42. The minimum Gasteiger partial charge on any atom is -0.382 e. The number of benzene rings is 2. The van der Waals surface area contributed by atoms with Gasteiger partial charge in [-0.25, -0.2) is 0 Å². The molecule has 0 aromatic heterocycles. The summed E-state index contributed by atoms with van der Waals surface area (Å²) >= 11 is 12.4. The van der Waals surface area contributed by atoms with Crippen LogP contribution >= 0.6 is 48.0 Å². The van der Waals surface area contributed by atoms with Gasteiger partial charge in [0.1, 0.15) is 0 Å². The molecule has 2 atom stereocenters. The average molecular weight is 463 g/mol. The van der Waals surface area contributed by atoms with Gasteiger partial charge in [0.05, 0.1) is 10.0 Å². The normalized spacial score (nSPS) is 21.3. The number of hydrogen-bond donors (Lipinski definition) is 1. The first-order valence-electron chi connectivity index (χ1n) is 9.39. The molecule has 0 saturated carbocycles. The summed E-state index contributed by atoms with van der Waals surface area (Å²) in [6.07, 6.45) is 1.14. The summed E-state index contributed by atoms with van der Waals surface area (Å²) in [5.74, 6) is 0.493. The van der Waals surface area contributed by atoms with Crippen LogP contribution in [-0.4, -0.2) is 43.7 Å². The molecule has 0 radical (unpaired) electrons. The zero-order chi connectivity index (χ0) is 18.1. The third-order valence-electron chi connectivity index (χ3n) is 5.73. The Bertz CT molecular complexity index is 764. The van der Waals surface area contributed by atoms with Gasteiger partial charge >= 0.3 is 0 Å². The average Bonchev–Trinajstić information content (AvgIpc) is 2.96. The van der Waals surface area contributed by atoms with E-state index in [2.05, 4.69) is 52.4 Å². The van der Waals surface area contributed by atoms with Crippen LogP contribution in [0.25, 0.3) is 0 Å². The zero-order valence-electron chi connectivity index (χ0n) is 15.9. The van der Waals surface area contributed by atoms with Crippen molar-refractivity contribution in [1.82, 2.24) is 4.90 Å². The number of rotatable bonds is 4. The molecular formula is C21H27Cl4N3. The molecule has 3 nitrogen and oxygen atoms in total. The van der Waals surface area contributed by atoms with Crippen molar-refractivity contribution in [3.8, 4) is 0 Å². The first-order valence-corrected chi connectivity index (χ1v) is 10.2. The summed E-state index contributed by atoms with van der Waals surface area (Å²) < 4.78 is 0. The van der Waals surface area contributed by atoms with Crippen molar-refractivity contribution in [2.45, 2.75) is 25.3 Å². The van der Waals surface area contributed by atoms with Gasteiger partial charge in [-0.2, -0.15) is 0 Å². The molecule has 2 aromatic rings. The zero-order valence-corrected chi connectivity index (χ0v) is 19.1. The number of halogens is 4. The molecule has 2 aromatic carbocycles. The molecular weight excluding hydrogens is 436 g/mol. The largest absolute Gasteiger partial charge is 0.382 e. The van der Waals surface area contributed by atoms with Gasteiger partial charge < -0.3 is 10.2 Å². The Morgan fingerprint density at radius 3 is 2.29 bits per heavy atom. The van der Waals surface area contributed by atoms with Crippen molar-refractivity contribution in [3.63, 3.8) is 0 Å². The number of hydrogen-bond acceptors (Lipinski definition) is 3. The molecule has 28 heavy (non-hydrogen) atoms. The Kier molecular flexibility index (Phi) is 8.60. The number of anilines is 2. The van der Waals surface area contributed by atoms with E-state index in [-0.39, 0.29) is 24.8 Å². The molecule has 2 heterocycles. The lowest BCUT2D eigenvalue weighted by atomic mass is 9.92. The summed E-state index contributed by atoms with van der Waals surface area (Å²) in [5, 5.41) is 4.84. The van der Waals surface area contributed by atoms with Gasteiger partial charge in [0.25, 0.3) is 0 Å². The fourth-order valence-electron chi connectivity index (χ4n) is 4.20. The Labute approximate surface area is 190 Å². The van der Waals surface area contributed by atoms with Gasteiger partial charge in [0.2, 0.25) is 0 Å². The smallest absolute Gasteiger partial charge is 0.0613 e. The van der Waals surface area contributed by atoms with E-state index in [9.17, 15) is 0 Å². The molecule has 154 valence electrons. The lowest BCUT2D eigenvalue weighted by Crippen LogP contribution is -2.47. The molecule has 2 unspecified atom stereocenters. The van der Waals surface area contributed by atoms with Crippen LogP contribution in [0.4, 0.5) is 11.4 Å². The molecule has 1 saturated heterocycles. The fourth-order valence-corrected chi connectivity index (χ4v) is 4.54. The van der Waals surface area contributed by atoms with E-state index in [1.165, 1.54) is 11.3 Å². The number of nitrogens with one attached hydrogen (secondary N) is 1. The minimum atomic E-state index is 0. The molecule has 0 aliphatic carbocycles. The Morgan fingerprint density at radius 2 is 1.61 bits per heavy atom. The van der Waals surface area contributed by atoms with Crippen molar-refractivity contribution in [1.29, 1.82) is 0 Å². The van der Waals surface area contributed by atoms with Gasteiger partial charge in [-0.05, 0) is 49.7 Å². The fraction of sp³-hybridized carbons (Fsp3) is 0.429. The quantitative estimate of drug-likeness (QED) is 0.605. The molecule has 4 rings (SSSR count). The second-order valence-electron chi connectivity index (χ2n) is 7.35. The van der Waals surface area contributed by atoms with Crippen LogP contribution in [-0.2, 0) is 0 Å². The van der Waals surface area contributed by atoms with Crippen LogP contribution in [0.2, 0.25) is 10.0 Å². The topological polar surface area (TPSA) is 18.5 Å². The molecule has 7 heteroatoms. The maximum atomic E-state index is 6.25. The van der Waals surface area contributed by atoms with E-state index in [0.717, 1.165) is 44.8 Å². The van der Waals surface area contributed by atoms with E-state index in [1.54, 1.807) is 0 Å². The van der Waals surface area contributed by atoms with Crippen LogP contribution in [0.3, 0.4) is 0 Å². The number of piperazine rings is 1. The van der Waals surface area contributed by atoms with Gasteiger partial charge in [-0.3, -0.25) is 4.90 Å². The lowest BCUT2D eigenvalue weighted by Gasteiger charge is -2.36. The van der Waals surface area contributed by atoms with E-state index in [4.69, 9.17) is 23.2 Å². The number of nitrogens with zero attached hydrogens (tertiary/aromatic N) is 2. The molecule has 2 aliphatic rings. The summed E-state index contributed by atoms with van der Waals surface area (Å²) in [4.78, 5) is 5.06. The van der Waals surface area contributed by atoms with Crippen molar-refractivity contribution in [2.24, 2.45) is 0 Å². The first kappa shape index (κ1) is 23.4. The second kappa shape index (κ2) is 10.3. The maximum absolute atomic E-state index is 6.25. The van der Waals surface area contributed by atoms with Gasteiger partial charge in [-0.15, -0.1) is 24.8 Å². The van der Waals surface area contributed by atoms with Gasteiger partial charge in [-0.1, -0.05) is 41.4 Å². The van der Waals surface area contributed by atoms with Gasteiger partial charge in [0, 0.05) is 49.5 Å². The minimum absolute atomic E-state index is 0. The number of para-hydroxylation sites is 1. The highest BCUT2D eigenvalue weighted by Crippen LogP contribution is 2.42. The predicted octanol–water partition coefficient (Wildman–Crippen LogP) is 5.95. The molecule has 0 amide bonds. The van der Waals surface area contributed by atoms with Crippen LogP contribution in [0.1, 0.15) is 24.8 Å². The highest BCUT2D eigenvalue weighted by Gasteiger charge is 2.30. The summed E-state index contributed by atoms with van der Waals surface area (Å²) in [5.41, 5.74) is 3.79. The first-order chi connectivity index (χ1) is 12.6. The highest BCUT2D eigenvalue weighted by atomic mass is 35.5. The Hall–Kier alpha value is -0.840. The third-order valence-corrected chi connectivity index (χ3v) is 6.45. The monoisotopic (exact) mass is 461 g/mol. The summed E-state index contributed by atoms with van der Waals surface area (Å²) in [6.45, 7) is 7.81. The van der Waals surface area contributed by atoms with Gasteiger partial charge in [0.15, 0.2) is 0 Å². The molecule has 1 fully saturated rings. The maximum Gasteiger partial charge on any atom is 0.0613 e. The Morgan fingerprint density at radius 1 is 0.964 bits per heavy atom. The van der Waals surface area contributed by atoms with E-state index in [0.29, 0.717) is 22.0 Å². The molecule has 0 bridgehead atoms. The lowest BCUT2D eigenvalue weighted by molar-refractivity contribution is 0.247. The molecule has 2 aliphatic heterocycles. The SMILES string of the molecule is CC1Nc2cc(Cl)c(Cl)cc2C1CCN1CCN(c2ccccc2)CC1.Cl.Cl. The van der Waals surface area contributed by atoms with Crippen molar-refractivity contribution in [2.75, 3.05) is 42.9 Å². The standard InChI is InChI=1S/C21H25Cl2N3.2ClH/c1-15-17(18-13-19(22)20(23)14-21(18)24-15)7-8-25-9-11-26(12-10-25)16-5-3-2-4-6-16;;/h2-6,13-15,17,24H,7-12H2,1H3;2*1H. The van der Waals surface area contributed by atoms with Crippen LogP contribution in [0.15, 0.2) is 42.5 Å². The van der Waals surface area contributed by atoms with Crippen molar-refractivity contribution < 1.29 is 0 Å². The summed E-state index contributed by atoms with van der Waals surface area (Å²) in [6, 6.07) is 15.2. The second-order valence-corrected chi connectivity index (χ2v) is 8.16. The summed E-state index contributed by atoms with van der Waals surface area (Å²) in [7, 11) is 0. The van der Waals surface area contributed by atoms with Crippen LogP contribution in [0.5, 0.6) is 0 Å². The van der Waals surface area contributed by atoms with Crippen LogP contribution in [0, 0.1) is 0 Å².